The van der Waals surface area contributed by atoms with E-state index >= 15 is 0 Å². The lowest BCUT2D eigenvalue weighted by atomic mass is 10.0. The average Bonchev–Trinajstić information content (AvgIpc) is 2.29. The second kappa shape index (κ2) is 4.62. The summed E-state index contributed by atoms with van der Waals surface area (Å²) in [6.45, 7) is 0. The van der Waals surface area contributed by atoms with Gasteiger partial charge in [0.1, 0.15) is 0 Å². The summed E-state index contributed by atoms with van der Waals surface area (Å²) in [6.07, 6.45) is -5.02. The van der Waals surface area contributed by atoms with Gasteiger partial charge in [0.15, 0.2) is 0 Å². The highest BCUT2D eigenvalue weighted by Crippen LogP contribution is 2.24. The minimum atomic E-state index is -4.14. The van der Waals surface area contributed by atoms with E-state index in [-0.39, 0.29) is 5.56 Å². The lowest BCUT2D eigenvalue weighted by Gasteiger charge is -2.07. The predicted octanol–water partition coefficient (Wildman–Crippen LogP) is 4.46. The molecule has 0 saturated heterocycles. The molecule has 0 amide bonds. The van der Waals surface area contributed by atoms with Gasteiger partial charge < -0.3 is 0 Å². The van der Waals surface area contributed by atoms with Crippen LogP contribution in [0.4, 0.5) is 13.2 Å². The molecule has 2 aromatic rings. The Balaban J connectivity index is 2.19. The monoisotopic (exact) mass is 236 g/mol. The third-order valence-electron chi connectivity index (χ3n) is 2.47. The molecule has 0 saturated carbocycles. The van der Waals surface area contributed by atoms with Crippen LogP contribution in [-0.4, -0.2) is 6.18 Å². The van der Waals surface area contributed by atoms with E-state index in [9.17, 15) is 13.2 Å². The third kappa shape index (κ3) is 3.34. The summed E-state index contributed by atoms with van der Waals surface area (Å²) in [5.41, 5.74) is 2.22. The molecule has 0 nitrogen and oxygen atoms in total. The molecule has 0 heterocycles. The number of rotatable bonds is 2. The molecule has 88 valence electrons. The highest BCUT2D eigenvalue weighted by molar-refractivity contribution is 5.63. The van der Waals surface area contributed by atoms with Gasteiger partial charge in [0.2, 0.25) is 0 Å². The number of halogens is 3. The molecule has 0 aliphatic carbocycles. The molecule has 3 heteroatoms. The molecular formula is C14H11F3. The van der Waals surface area contributed by atoms with Crippen LogP contribution < -0.4 is 0 Å². The highest BCUT2D eigenvalue weighted by atomic mass is 19.4. The standard InChI is InChI=1S/C14H11F3/c15-14(16,17)10-11-6-8-13(9-7-11)12-4-2-1-3-5-12/h1-9H,10H2. The van der Waals surface area contributed by atoms with Crippen molar-refractivity contribution in [3.8, 4) is 11.1 Å². The molecule has 0 N–H and O–H groups in total. The number of benzene rings is 2. The van der Waals surface area contributed by atoms with Gasteiger partial charge in [0, 0.05) is 0 Å². The fraction of sp³-hybridized carbons (Fsp3) is 0.143. The van der Waals surface area contributed by atoms with E-state index in [0.29, 0.717) is 0 Å². The van der Waals surface area contributed by atoms with Gasteiger partial charge in [-0.15, -0.1) is 0 Å². The molecule has 0 aliphatic rings. The first-order valence-corrected chi connectivity index (χ1v) is 5.26. The average molecular weight is 236 g/mol. The van der Waals surface area contributed by atoms with Gasteiger partial charge >= 0.3 is 6.18 Å². The normalized spacial score (nSPS) is 11.5. The molecule has 2 aromatic carbocycles. The van der Waals surface area contributed by atoms with E-state index in [1.165, 1.54) is 12.1 Å². The second-order valence-electron chi connectivity index (χ2n) is 3.85. The van der Waals surface area contributed by atoms with E-state index in [0.717, 1.165) is 11.1 Å². The van der Waals surface area contributed by atoms with E-state index in [1.54, 1.807) is 12.1 Å². The molecule has 0 aromatic heterocycles. The van der Waals surface area contributed by atoms with Crippen LogP contribution in [0.25, 0.3) is 11.1 Å². The molecule has 0 fully saturated rings. The van der Waals surface area contributed by atoms with Crippen LogP contribution in [-0.2, 0) is 6.42 Å². The van der Waals surface area contributed by atoms with Gasteiger partial charge in [-0.2, -0.15) is 13.2 Å². The first kappa shape index (κ1) is 11.7. The van der Waals surface area contributed by atoms with Gasteiger partial charge in [-0.25, -0.2) is 0 Å². The largest absolute Gasteiger partial charge is 0.393 e. The van der Waals surface area contributed by atoms with Crippen molar-refractivity contribution in [2.24, 2.45) is 0 Å². The van der Waals surface area contributed by atoms with Crippen molar-refractivity contribution in [2.45, 2.75) is 12.6 Å². The van der Waals surface area contributed by atoms with E-state index in [1.807, 2.05) is 30.3 Å². The first-order valence-electron chi connectivity index (χ1n) is 5.26. The Bertz CT molecular complexity index is 469. The second-order valence-corrected chi connectivity index (χ2v) is 3.85. The zero-order valence-electron chi connectivity index (χ0n) is 9.04. The lowest BCUT2D eigenvalue weighted by molar-refractivity contribution is -0.127. The number of alkyl halides is 3. The summed E-state index contributed by atoms with van der Waals surface area (Å²) in [6, 6.07) is 16.1. The van der Waals surface area contributed by atoms with Crippen molar-refractivity contribution in [3.63, 3.8) is 0 Å². The number of hydrogen-bond donors (Lipinski definition) is 0. The highest BCUT2D eigenvalue weighted by Gasteiger charge is 2.27. The maximum Gasteiger partial charge on any atom is 0.393 e. The maximum absolute atomic E-state index is 12.2. The van der Waals surface area contributed by atoms with Crippen molar-refractivity contribution in [3.05, 3.63) is 60.2 Å². The minimum Gasteiger partial charge on any atom is -0.171 e. The fourth-order valence-electron chi connectivity index (χ4n) is 1.68. The summed E-state index contributed by atoms with van der Waals surface area (Å²) < 4.78 is 36.5. The van der Waals surface area contributed by atoms with Crippen LogP contribution in [0.2, 0.25) is 0 Å². The molecule has 0 unspecified atom stereocenters. The molecule has 17 heavy (non-hydrogen) atoms. The Labute approximate surface area is 97.7 Å². The predicted molar refractivity (Wildman–Crippen MR) is 61.6 cm³/mol. The molecule has 0 spiro atoms. The topological polar surface area (TPSA) is 0 Å². The SMILES string of the molecule is FC(F)(F)Cc1ccc(-c2ccccc2)cc1. The maximum atomic E-state index is 12.2. The Morgan fingerprint density at radius 3 is 1.76 bits per heavy atom. The molecule has 0 aliphatic heterocycles. The van der Waals surface area contributed by atoms with E-state index in [4.69, 9.17) is 0 Å². The molecular weight excluding hydrogens is 225 g/mol. The van der Waals surface area contributed by atoms with Crippen molar-refractivity contribution >= 4 is 0 Å². The van der Waals surface area contributed by atoms with Crippen LogP contribution in [0.5, 0.6) is 0 Å². The Kier molecular flexibility index (Phi) is 3.18. The Hall–Kier alpha value is -1.77. The zero-order valence-corrected chi connectivity index (χ0v) is 9.04. The molecule has 2 rings (SSSR count). The van der Waals surface area contributed by atoms with Crippen LogP contribution >= 0.6 is 0 Å². The third-order valence-corrected chi connectivity index (χ3v) is 2.47. The van der Waals surface area contributed by atoms with Crippen molar-refractivity contribution in [1.29, 1.82) is 0 Å². The summed E-state index contributed by atoms with van der Waals surface area (Å²) in [4.78, 5) is 0. The summed E-state index contributed by atoms with van der Waals surface area (Å²) in [5, 5.41) is 0. The van der Waals surface area contributed by atoms with Crippen molar-refractivity contribution < 1.29 is 13.2 Å². The Morgan fingerprint density at radius 2 is 1.24 bits per heavy atom. The van der Waals surface area contributed by atoms with E-state index in [2.05, 4.69) is 0 Å². The van der Waals surface area contributed by atoms with Crippen LogP contribution in [0.15, 0.2) is 54.6 Å². The summed E-state index contributed by atoms with van der Waals surface area (Å²) >= 11 is 0. The van der Waals surface area contributed by atoms with Gasteiger partial charge in [-0.05, 0) is 16.7 Å². The smallest absolute Gasteiger partial charge is 0.171 e. The Morgan fingerprint density at radius 1 is 0.706 bits per heavy atom. The van der Waals surface area contributed by atoms with Gasteiger partial charge in [-0.3, -0.25) is 0 Å². The van der Waals surface area contributed by atoms with Crippen molar-refractivity contribution in [2.75, 3.05) is 0 Å². The molecule has 0 bridgehead atoms. The summed E-state index contributed by atoms with van der Waals surface area (Å²) in [5.74, 6) is 0. The van der Waals surface area contributed by atoms with Crippen LogP contribution in [0, 0.1) is 0 Å². The summed E-state index contributed by atoms with van der Waals surface area (Å²) in [7, 11) is 0. The zero-order chi connectivity index (χ0) is 12.3. The minimum absolute atomic E-state index is 0.289. The molecule has 0 radical (unpaired) electrons. The lowest BCUT2D eigenvalue weighted by Crippen LogP contribution is -2.11. The van der Waals surface area contributed by atoms with Gasteiger partial charge in [0.05, 0.1) is 6.42 Å². The van der Waals surface area contributed by atoms with E-state index < -0.39 is 12.6 Å². The van der Waals surface area contributed by atoms with Crippen LogP contribution in [0.3, 0.4) is 0 Å². The number of hydrogen-bond acceptors (Lipinski definition) is 0. The first-order chi connectivity index (χ1) is 8.04. The quantitative estimate of drug-likeness (QED) is 0.722. The molecule has 0 atom stereocenters. The van der Waals surface area contributed by atoms with Gasteiger partial charge in [0.25, 0.3) is 0 Å². The van der Waals surface area contributed by atoms with Crippen LogP contribution in [0.1, 0.15) is 5.56 Å². The fourth-order valence-corrected chi connectivity index (χ4v) is 1.68. The van der Waals surface area contributed by atoms with Crippen molar-refractivity contribution in [1.82, 2.24) is 0 Å². The van der Waals surface area contributed by atoms with Gasteiger partial charge in [-0.1, -0.05) is 54.6 Å².